The van der Waals surface area contributed by atoms with Crippen molar-refractivity contribution in [2.24, 2.45) is 7.05 Å². The van der Waals surface area contributed by atoms with Gasteiger partial charge in [-0.05, 0) is 4.98 Å². The minimum atomic E-state index is 0. The predicted molar refractivity (Wildman–Crippen MR) is 73.7 cm³/mol. The van der Waals surface area contributed by atoms with E-state index in [0.717, 1.165) is 11.4 Å². The molecule has 0 radical (unpaired) electrons. The Bertz CT molecular complexity index is 604. The Morgan fingerprint density at radius 3 is 2.62 bits per heavy atom. The Labute approximate surface area is 163 Å². The zero-order chi connectivity index (χ0) is 14.0. The first kappa shape index (κ1) is 20.9. The third kappa shape index (κ3) is 4.96. The fraction of sp³-hybridized carbons (Fsp3) is 0.462. The molecule has 8 heteroatoms. The van der Waals surface area contributed by atoms with Crippen LogP contribution in [0.25, 0.3) is 0 Å². The van der Waals surface area contributed by atoms with Crippen molar-refractivity contribution in [3.8, 4) is 0 Å². The number of aromatic nitrogens is 3. The van der Waals surface area contributed by atoms with Crippen LogP contribution in [0.2, 0.25) is 0 Å². The van der Waals surface area contributed by atoms with E-state index < -0.39 is 0 Å². The molecule has 0 aromatic carbocycles. The van der Waals surface area contributed by atoms with Gasteiger partial charge in [-0.2, -0.15) is 4.57 Å². The Morgan fingerprint density at radius 1 is 1.33 bits per heavy atom. The number of aryl methyl sites for hydroxylation is 2. The Morgan fingerprint density at radius 2 is 2.00 bits per heavy atom. The second-order valence-corrected chi connectivity index (χ2v) is 5.58. The summed E-state index contributed by atoms with van der Waals surface area (Å²) in [5.41, 5.74) is 10.2. The number of nitrogens with zero attached hydrogens (tertiary/aromatic N) is 3. The number of rotatable bonds is 4. The molecule has 2 heterocycles. The molecule has 0 aliphatic carbocycles. The first-order valence-electron chi connectivity index (χ1n) is 6.21. The molecule has 3 N–H and O–H groups in total. The minimum absolute atomic E-state index is 0. The third-order valence-corrected chi connectivity index (χ3v) is 4.45. The molecule has 2 aromatic rings. The van der Waals surface area contributed by atoms with Gasteiger partial charge in [0, 0.05) is 26.9 Å². The van der Waals surface area contributed by atoms with E-state index in [1.54, 1.807) is 11.3 Å². The summed E-state index contributed by atoms with van der Waals surface area (Å²) in [5, 5.41) is 9.02. The highest BCUT2D eigenvalue weighted by molar-refractivity contribution is 7.09. The lowest BCUT2D eigenvalue weighted by Crippen LogP contribution is -3.00. The molecule has 2 aromatic heterocycles. The van der Waals surface area contributed by atoms with Crippen LogP contribution in [-0.4, -0.2) is 16.7 Å². The van der Waals surface area contributed by atoms with Crippen molar-refractivity contribution in [1.82, 2.24) is 4.98 Å². The second kappa shape index (κ2) is 9.16. The number of aliphatic hydroxyl groups excluding tert-OH is 1. The number of anilines is 1. The van der Waals surface area contributed by atoms with Crippen LogP contribution < -0.4 is 62.8 Å². The van der Waals surface area contributed by atoms with E-state index in [1.807, 2.05) is 24.7 Å². The van der Waals surface area contributed by atoms with Crippen LogP contribution in [-0.2, 0) is 20.0 Å². The normalized spacial score (nSPS) is 9.90. The van der Waals surface area contributed by atoms with E-state index in [0.29, 0.717) is 18.8 Å². The fourth-order valence-electron chi connectivity index (χ4n) is 1.97. The lowest BCUT2D eigenvalue weighted by atomic mass is 10.2. The van der Waals surface area contributed by atoms with Gasteiger partial charge in [0.1, 0.15) is 11.8 Å². The molecule has 0 atom stereocenters. The van der Waals surface area contributed by atoms with Gasteiger partial charge in [-0.3, -0.25) is 0 Å². The maximum atomic E-state index is 9.02. The molecule has 21 heavy (non-hydrogen) atoms. The summed E-state index contributed by atoms with van der Waals surface area (Å²) in [4.78, 5) is 5.55. The maximum Gasteiger partial charge on any atom is 0.297 e. The summed E-state index contributed by atoms with van der Waals surface area (Å²) in [6, 6.07) is 0. The van der Waals surface area contributed by atoms with Crippen molar-refractivity contribution >= 4 is 17.2 Å². The number of nitrogens with two attached hydrogens (primary N) is 1. The van der Waals surface area contributed by atoms with Crippen LogP contribution in [0, 0.1) is 13.8 Å². The number of aliphatic hydroxyl groups is 1. The number of nitrogen functional groups attached to an aromatic ring is 1. The topological polar surface area (TPSA) is 66.9 Å². The zero-order valence-electron chi connectivity index (χ0n) is 12.3. The molecule has 118 valence electrons. The quantitative estimate of drug-likeness (QED) is 0.304. The summed E-state index contributed by atoms with van der Waals surface area (Å²) in [5.74, 6) is 1.48. The van der Waals surface area contributed by atoms with Gasteiger partial charge in [0.2, 0.25) is 5.51 Å². The average Bonchev–Trinajstić information content (AvgIpc) is 2.69. The lowest BCUT2D eigenvalue weighted by molar-refractivity contribution is -0.698. The zero-order valence-corrected chi connectivity index (χ0v) is 17.4. The highest BCUT2D eigenvalue weighted by Gasteiger charge is 2.20. The molecule has 0 saturated heterocycles. The number of thiazole rings is 1. The summed E-state index contributed by atoms with van der Waals surface area (Å²) in [6.07, 6.45) is 2.73. The average molecular weight is 534 g/mol. The number of hydrogen-bond donors (Lipinski definition) is 2. The van der Waals surface area contributed by atoms with E-state index in [9.17, 15) is 0 Å². The minimum Gasteiger partial charge on any atom is -1.00 e. The van der Waals surface area contributed by atoms with Crippen molar-refractivity contribution in [3.63, 3.8) is 0 Å². The molecule has 5 nitrogen and oxygen atoms in total. The largest absolute Gasteiger partial charge is 1.00 e. The van der Waals surface area contributed by atoms with E-state index in [1.165, 1.54) is 10.6 Å². The molecule has 0 spiro atoms. The highest BCUT2D eigenvalue weighted by Crippen LogP contribution is 2.13. The van der Waals surface area contributed by atoms with Gasteiger partial charge in [-0.25, -0.2) is 4.57 Å². The van der Waals surface area contributed by atoms with Gasteiger partial charge >= 0.3 is 0 Å². The molecule has 2 rings (SSSR count). The summed E-state index contributed by atoms with van der Waals surface area (Å²) in [7, 11) is 1.97. The van der Waals surface area contributed by atoms with E-state index in [2.05, 4.69) is 22.0 Å². The van der Waals surface area contributed by atoms with Gasteiger partial charge in [-0.15, -0.1) is 0 Å². The molecular formula is C13H20I2N4OS. The smallest absolute Gasteiger partial charge is 0.297 e. The first-order valence-corrected chi connectivity index (χ1v) is 7.09. The van der Waals surface area contributed by atoms with Crippen LogP contribution in [0.5, 0.6) is 0 Å². The standard InChI is InChI=1S/C13H19N4OS.2HI/c1-9-12(4-5-18)19-8-17(9)7-11-6-16(3)10(2)15-13(11)14;;/h6,8,14,18H,4-5,7H2,1-3H3;2*1H/q+1;;/p-1. The highest BCUT2D eigenvalue weighted by atomic mass is 127. The van der Waals surface area contributed by atoms with Crippen molar-refractivity contribution < 1.29 is 62.2 Å². The molecule has 0 amide bonds. The molecule has 0 aliphatic rings. The van der Waals surface area contributed by atoms with Crippen LogP contribution in [0.3, 0.4) is 0 Å². The Hall–Kier alpha value is -0.0700. The Kier molecular flexibility index (Phi) is 9.12. The summed E-state index contributed by atoms with van der Waals surface area (Å²) in [6.45, 7) is 4.90. The molecule has 0 saturated carbocycles. The molecule has 0 aliphatic heterocycles. The molecule has 0 fully saturated rings. The van der Waals surface area contributed by atoms with Crippen molar-refractivity contribution in [3.05, 3.63) is 33.7 Å². The lowest BCUT2D eigenvalue weighted by Gasteiger charge is -2.00. The van der Waals surface area contributed by atoms with Crippen molar-refractivity contribution in [1.29, 1.82) is 0 Å². The monoisotopic (exact) mass is 534 g/mol. The van der Waals surface area contributed by atoms with E-state index in [4.69, 9.17) is 10.8 Å². The molecular weight excluding hydrogens is 514 g/mol. The molecule has 0 bridgehead atoms. The van der Waals surface area contributed by atoms with E-state index in [-0.39, 0.29) is 54.6 Å². The molecule has 0 unspecified atom stereocenters. The number of halogens is 2. The third-order valence-electron chi connectivity index (χ3n) is 3.31. The van der Waals surface area contributed by atoms with Gasteiger partial charge in [0.15, 0.2) is 12.2 Å². The maximum absolute atomic E-state index is 9.02. The van der Waals surface area contributed by atoms with Crippen LogP contribution >= 0.6 is 11.3 Å². The van der Waals surface area contributed by atoms with E-state index >= 15 is 0 Å². The van der Waals surface area contributed by atoms with Crippen molar-refractivity contribution in [2.45, 2.75) is 26.8 Å². The predicted octanol–water partition coefficient (Wildman–Crippen LogP) is -5.95. The summed E-state index contributed by atoms with van der Waals surface area (Å²) >= 11 is 1.67. The second-order valence-electron chi connectivity index (χ2n) is 4.64. The van der Waals surface area contributed by atoms with Gasteiger partial charge < -0.3 is 58.8 Å². The SMILES string of the molecule is Cc1nc(N)c(C[n+]2csc(CCO)c2C)c[n+]1C.[I-].[I-]. The van der Waals surface area contributed by atoms with Crippen LogP contribution in [0.15, 0.2) is 11.7 Å². The van der Waals surface area contributed by atoms with Gasteiger partial charge in [0.25, 0.3) is 11.6 Å². The number of hydrogen-bond acceptors (Lipinski definition) is 4. The van der Waals surface area contributed by atoms with Gasteiger partial charge in [-0.1, -0.05) is 11.3 Å². The Balaban J connectivity index is 0.00000200. The fourth-order valence-corrected chi connectivity index (χ4v) is 2.96. The van der Waals surface area contributed by atoms with Gasteiger partial charge in [0.05, 0.1) is 11.9 Å². The first-order chi connectivity index (χ1) is 9.02. The van der Waals surface area contributed by atoms with Crippen LogP contribution in [0.1, 0.15) is 22.0 Å². The van der Waals surface area contributed by atoms with Crippen LogP contribution in [0.4, 0.5) is 5.82 Å². The van der Waals surface area contributed by atoms with Crippen molar-refractivity contribution in [2.75, 3.05) is 12.3 Å². The summed E-state index contributed by atoms with van der Waals surface area (Å²) < 4.78 is 4.13.